The first kappa shape index (κ1) is 20.5. The zero-order valence-corrected chi connectivity index (χ0v) is 18.5. The summed E-state index contributed by atoms with van der Waals surface area (Å²) in [4.78, 5) is 16.8. The van der Waals surface area contributed by atoms with Gasteiger partial charge in [-0.3, -0.25) is 0 Å². The van der Waals surface area contributed by atoms with Crippen LogP contribution in [0.1, 0.15) is 66.8 Å². The van der Waals surface area contributed by atoms with Crippen LogP contribution in [0.4, 0.5) is 10.5 Å². The average Bonchev–Trinajstić information content (AvgIpc) is 3.33. The van der Waals surface area contributed by atoms with Crippen LogP contribution in [-0.2, 0) is 34.8 Å². The molecular weight excluding hydrogens is 408 g/mol. The number of nitrogens with one attached hydrogen (secondary N) is 1. The Morgan fingerprint density at radius 1 is 1.38 bits per heavy atom. The van der Waals surface area contributed by atoms with E-state index in [-0.39, 0.29) is 4.21 Å². The number of hydrogen-bond acceptors (Lipinski definition) is 5. The lowest BCUT2D eigenvalue weighted by molar-refractivity contribution is 0.0783. The van der Waals surface area contributed by atoms with Crippen LogP contribution in [0.25, 0.3) is 0 Å². The number of carbonyl (C=O) groups is 1. The molecule has 9 heteroatoms. The van der Waals surface area contributed by atoms with Crippen LogP contribution in [0.5, 0.6) is 0 Å². The normalized spacial score (nSPS) is 20.1. The van der Waals surface area contributed by atoms with Crippen molar-refractivity contribution in [3.63, 3.8) is 0 Å². The summed E-state index contributed by atoms with van der Waals surface area (Å²) in [5, 5.41) is 19.2. The smallest absolute Gasteiger partial charge is 0.354 e. The number of nitrogens with zero attached hydrogens (tertiary/aromatic N) is 2. The molecule has 1 unspecified atom stereocenters. The molecule has 2 atom stereocenters. The number of carbonyl (C=O) groups excluding carboxylic acids is 1. The van der Waals surface area contributed by atoms with Gasteiger partial charge in [-0.2, -0.15) is 0 Å². The summed E-state index contributed by atoms with van der Waals surface area (Å²) in [7, 11) is -3.45. The van der Waals surface area contributed by atoms with Gasteiger partial charge in [-0.05, 0) is 74.1 Å². The van der Waals surface area contributed by atoms with Crippen LogP contribution in [0, 0.1) is 0 Å². The molecule has 0 saturated carbocycles. The minimum Gasteiger partial charge on any atom is -0.383 e. The first-order valence-electron chi connectivity index (χ1n) is 9.78. The molecule has 1 heterocycles. The Balaban J connectivity index is 1.67. The van der Waals surface area contributed by atoms with Gasteiger partial charge in [-0.1, -0.05) is 13.0 Å². The third-order valence-corrected chi connectivity index (χ3v) is 8.80. The molecule has 1 aromatic carbocycles. The predicted octanol–water partition coefficient (Wildman–Crippen LogP) is 3.84. The highest BCUT2D eigenvalue weighted by Gasteiger charge is 2.29. The topological polar surface area (TPSA) is 118 Å². The molecule has 156 valence electrons. The summed E-state index contributed by atoms with van der Waals surface area (Å²) in [6, 6.07) is 1.58. The van der Waals surface area contributed by atoms with Gasteiger partial charge in [0.05, 0.1) is 6.20 Å². The van der Waals surface area contributed by atoms with Gasteiger partial charge in [0.1, 0.15) is 14.8 Å². The molecule has 4 rings (SSSR count). The first-order chi connectivity index (χ1) is 13.6. The molecule has 2 aliphatic rings. The largest absolute Gasteiger partial charge is 0.383 e. The number of urea groups is 1. The number of aromatic nitrogens is 1. The molecule has 1 aromatic heterocycles. The van der Waals surface area contributed by atoms with Gasteiger partial charge < -0.3 is 10.4 Å². The minimum atomic E-state index is -3.45. The summed E-state index contributed by atoms with van der Waals surface area (Å²) in [5.41, 5.74) is 4.59. The van der Waals surface area contributed by atoms with Crippen LogP contribution in [0.3, 0.4) is 0 Å². The van der Waals surface area contributed by atoms with Crippen LogP contribution >= 0.6 is 11.3 Å². The lowest BCUT2D eigenvalue weighted by Crippen LogP contribution is -2.18. The highest BCUT2D eigenvalue weighted by atomic mass is 32.2. The molecule has 2 aromatic rings. The zero-order valence-electron chi connectivity index (χ0n) is 16.8. The van der Waals surface area contributed by atoms with Crippen molar-refractivity contribution in [2.24, 2.45) is 9.50 Å². The Morgan fingerprint density at radius 2 is 2.14 bits per heavy atom. The highest BCUT2D eigenvalue weighted by molar-refractivity contribution is 7.93. The van der Waals surface area contributed by atoms with Crippen LogP contribution in [-0.4, -0.2) is 20.3 Å². The number of aliphatic hydroxyl groups is 1. The second kappa shape index (κ2) is 7.16. The van der Waals surface area contributed by atoms with Gasteiger partial charge in [0.25, 0.3) is 0 Å². The molecule has 0 saturated heterocycles. The van der Waals surface area contributed by atoms with E-state index in [1.807, 2.05) is 0 Å². The van der Waals surface area contributed by atoms with Crippen molar-refractivity contribution in [2.75, 3.05) is 5.32 Å². The first-order valence-corrected chi connectivity index (χ1v) is 12.2. The van der Waals surface area contributed by atoms with Gasteiger partial charge in [0.2, 0.25) is 0 Å². The summed E-state index contributed by atoms with van der Waals surface area (Å²) in [5.74, 6) is 0.365. The quantitative estimate of drug-likeness (QED) is 0.680. The van der Waals surface area contributed by atoms with Gasteiger partial charge >= 0.3 is 6.03 Å². The minimum absolute atomic E-state index is 0.168. The van der Waals surface area contributed by atoms with Crippen molar-refractivity contribution in [2.45, 2.75) is 68.6 Å². The zero-order chi connectivity index (χ0) is 21.0. The number of aryl methyl sites for hydroxylation is 2. The highest BCUT2D eigenvalue weighted by Crippen LogP contribution is 2.44. The molecule has 0 fully saturated rings. The molecule has 0 radical (unpaired) electrons. The molecule has 7 nitrogen and oxygen atoms in total. The van der Waals surface area contributed by atoms with E-state index in [2.05, 4.69) is 27.7 Å². The lowest BCUT2D eigenvalue weighted by Gasteiger charge is -2.17. The molecule has 4 N–H and O–H groups in total. The molecule has 0 aliphatic heterocycles. The number of benzene rings is 1. The van der Waals surface area contributed by atoms with E-state index in [1.165, 1.54) is 28.5 Å². The van der Waals surface area contributed by atoms with E-state index in [0.29, 0.717) is 10.9 Å². The maximum atomic E-state index is 12.9. The Bertz CT molecular complexity index is 1110. The van der Waals surface area contributed by atoms with E-state index < -0.39 is 21.5 Å². The fourth-order valence-corrected chi connectivity index (χ4v) is 6.29. The van der Waals surface area contributed by atoms with E-state index in [0.717, 1.165) is 49.1 Å². The third-order valence-electron chi connectivity index (χ3n) is 5.61. The van der Waals surface area contributed by atoms with Crippen molar-refractivity contribution < 1.29 is 14.1 Å². The molecule has 0 spiro atoms. The Morgan fingerprint density at radius 3 is 2.83 bits per heavy atom. The van der Waals surface area contributed by atoms with E-state index >= 15 is 0 Å². The maximum absolute atomic E-state index is 12.9. The fourth-order valence-electron chi connectivity index (χ4n) is 4.23. The van der Waals surface area contributed by atoms with E-state index in [4.69, 9.17) is 5.14 Å². The number of thiazole rings is 1. The molecule has 29 heavy (non-hydrogen) atoms. The fraction of sp³-hybridized carbons (Fsp3) is 0.500. The maximum Gasteiger partial charge on any atom is 0.354 e. The number of hydrogen-bond donors (Lipinski definition) is 3. The molecule has 0 bridgehead atoms. The van der Waals surface area contributed by atoms with Crippen molar-refractivity contribution >= 4 is 33.0 Å². The van der Waals surface area contributed by atoms with Crippen molar-refractivity contribution in [3.05, 3.63) is 39.5 Å². The van der Waals surface area contributed by atoms with Crippen LogP contribution in [0.15, 0.2) is 20.8 Å². The SMILES string of the molecule is C[C@H]1CCc2cc3c(c(NC(=O)N=S(N)(=O)c4cnc(C(C)(C)O)s4)c21)CCC3. The van der Waals surface area contributed by atoms with Gasteiger partial charge in [0, 0.05) is 5.69 Å². The third kappa shape index (κ3) is 3.84. The van der Waals surface area contributed by atoms with Crippen molar-refractivity contribution in [1.29, 1.82) is 0 Å². The monoisotopic (exact) mass is 434 g/mol. The van der Waals surface area contributed by atoms with Crippen molar-refractivity contribution in [1.82, 2.24) is 4.98 Å². The number of amides is 2. The Hall–Kier alpha value is -1.81. The molecular formula is C20H26N4O3S2. The second-order valence-corrected chi connectivity index (χ2v) is 11.4. The summed E-state index contributed by atoms with van der Waals surface area (Å²) < 4.78 is 16.9. The number of anilines is 1. The summed E-state index contributed by atoms with van der Waals surface area (Å²) in [6.07, 6.45) is 6.40. The Kier molecular flexibility index (Phi) is 5.05. The van der Waals surface area contributed by atoms with E-state index in [1.54, 1.807) is 13.8 Å². The number of nitrogens with two attached hydrogens (primary N) is 1. The Labute approximate surface area is 175 Å². The average molecular weight is 435 g/mol. The van der Waals surface area contributed by atoms with Crippen molar-refractivity contribution in [3.8, 4) is 0 Å². The number of fused-ring (bicyclic) bond motifs is 2. The number of rotatable bonds is 3. The van der Waals surface area contributed by atoms with Crippen LogP contribution in [0.2, 0.25) is 0 Å². The summed E-state index contributed by atoms with van der Waals surface area (Å²) >= 11 is 1.00. The molecule has 2 aliphatic carbocycles. The summed E-state index contributed by atoms with van der Waals surface area (Å²) in [6.45, 7) is 5.33. The van der Waals surface area contributed by atoms with Crippen LogP contribution < -0.4 is 10.5 Å². The van der Waals surface area contributed by atoms with Gasteiger partial charge in [0.15, 0.2) is 9.92 Å². The standard InChI is InChI=1S/C20H26N4O3S2/c1-11-7-8-13-9-12-5-4-6-14(12)17(16(11)13)23-19(25)24-29(21,27)15-10-22-18(28-15)20(2,3)26/h9-11,26H,4-8H2,1-3H3,(H3,21,23,24,25,27)/t11-,29?/m0/s1. The van der Waals surface area contributed by atoms with Gasteiger partial charge in [-0.25, -0.2) is 19.1 Å². The van der Waals surface area contributed by atoms with E-state index in [9.17, 15) is 14.1 Å². The van der Waals surface area contributed by atoms with Gasteiger partial charge in [-0.15, -0.1) is 15.7 Å². The lowest BCUT2D eigenvalue weighted by atomic mass is 9.95. The second-order valence-electron chi connectivity index (χ2n) is 8.39. The molecule has 2 amide bonds. The predicted molar refractivity (Wildman–Crippen MR) is 115 cm³/mol.